The van der Waals surface area contributed by atoms with Crippen LogP contribution in [0.5, 0.6) is 0 Å². The molecule has 116 valence electrons. The van der Waals surface area contributed by atoms with Gasteiger partial charge in [0.2, 0.25) is 0 Å². The van der Waals surface area contributed by atoms with Gasteiger partial charge in [0.15, 0.2) is 0 Å². The van der Waals surface area contributed by atoms with Gasteiger partial charge in [-0.2, -0.15) is 0 Å². The summed E-state index contributed by atoms with van der Waals surface area (Å²) in [5, 5.41) is 0. The summed E-state index contributed by atoms with van der Waals surface area (Å²) in [6.45, 7) is 15.2. The largest absolute Gasteiger partial charge is 0.393 e. The van der Waals surface area contributed by atoms with Gasteiger partial charge in [-0.15, -0.1) is 0 Å². The first-order valence-corrected chi connectivity index (χ1v) is 7.78. The highest BCUT2D eigenvalue weighted by Gasteiger charge is 2.42. The van der Waals surface area contributed by atoms with Crippen LogP contribution < -0.4 is 0 Å². The lowest BCUT2D eigenvalue weighted by atomic mass is 9.68. The summed E-state index contributed by atoms with van der Waals surface area (Å²) in [6.07, 6.45) is 1.18. The van der Waals surface area contributed by atoms with Crippen LogP contribution in [0.3, 0.4) is 0 Å². The Morgan fingerprint density at radius 2 is 1.70 bits per heavy atom. The van der Waals surface area contributed by atoms with Gasteiger partial charge < -0.3 is 4.74 Å². The maximum Gasteiger partial charge on any atom is 0.316 e. The van der Waals surface area contributed by atoms with Gasteiger partial charge in [0.05, 0.1) is 5.92 Å². The van der Waals surface area contributed by atoms with Crippen molar-refractivity contribution in [3.05, 3.63) is 0 Å². The molecule has 0 aromatic heterocycles. The number of carbonyl (C=O) groups excluding carboxylic acids is 2. The maximum atomic E-state index is 12.2. The molecule has 4 atom stereocenters. The lowest BCUT2D eigenvalue weighted by Gasteiger charge is -2.38. The van der Waals surface area contributed by atoms with Gasteiger partial charge in [-0.05, 0) is 35.5 Å². The monoisotopic (exact) mass is 282 g/mol. The first-order valence-electron chi connectivity index (χ1n) is 7.78. The zero-order valence-electron chi connectivity index (χ0n) is 14.0. The van der Waals surface area contributed by atoms with Crippen LogP contribution in [-0.4, -0.2) is 11.9 Å². The Bertz CT molecular complexity index is 365. The van der Waals surface area contributed by atoms with Gasteiger partial charge in [0, 0.05) is 6.42 Å². The molecule has 0 saturated carbocycles. The summed E-state index contributed by atoms with van der Waals surface area (Å²) in [5.41, 5.74) is 0.160. The van der Waals surface area contributed by atoms with E-state index >= 15 is 0 Å². The van der Waals surface area contributed by atoms with Crippen molar-refractivity contribution in [2.24, 2.45) is 35.0 Å². The van der Waals surface area contributed by atoms with Crippen molar-refractivity contribution in [1.82, 2.24) is 0 Å². The minimum Gasteiger partial charge on any atom is -0.393 e. The van der Waals surface area contributed by atoms with E-state index in [4.69, 9.17) is 4.74 Å². The molecule has 20 heavy (non-hydrogen) atoms. The van der Waals surface area contributed by atoms with Gasteiger partial charge in [0.1, 0.15) is 0 Å². The van der Waals surface area contributed by atoms with Gasteiger partial charge in [-0.25, -0.2) is 0 Å². The molecule has 0 aromatic carbocycles. The highest BCUT2D eigenvalue weighted by atomic mass is 16.6. The second-order valence-corrected chi connectivity index (χ2v) is 7.87. The van der Waals surface area contributed by atoms with Crippen molar-refractivity contribution in [2.45, 2.75) is 61.3 Å². The van der Waals surface area contributed by atoms with Crippen LogP contribution in [0.25, 0.3) is 0 Å². The van der Waals surface area contributed by atoms with E-state index in [0.717, 1.165) is 6.42 Å². The molecule has 4 unspecified atom stereocenters. The molecule has 0 aromatic rings. The molecule has 1 aliphatic rings. The molecule has 1 fully saturated rings. The SMILES string of the molecule is CC(C)C(C)C1CC(=O)OC(=O)C1CC(C)C(C)(C)C. The van der Waals surface area contributed by atoms with Crippen molar-refractivity contribution < 1.29 is 14.3 Å². The van der Waals surface area contributed by atoms with E-state index in [-0.39, 0.29) is 29.2 Å². The predicted octanol–water partition coefficient (Wildman–Crippen LogP) is 4.06. The topological polar surface area (TPSA) is 43.4 Å². The Labute approximate surface area is 123 Å². The Morgan fingerprint density at radius 1 is 1.15 bits per heavy atom. The maximum absolute atomic E-state index is 12.2. The van der Waals surface area contributed by atoms with Crippen LogP contribution in [-0.2, 0) is 14.3 Å². The van der Waals surface area contributed by atoms with Crippen molar-refractivity contribution >= 4 is 11.9 Å². The Balaban J connectivity index is 2.92. The standard InChI is InChI=1S/C17H30O3/c1-10(2)12(4)13-9-15(18)20-16(19)14(13)8-11(3)17(5,6)7/h10-14H,8-9H2,1-7H3. The van der Waals surface area contributed by atoms with Crippen LogP contribution in [0.2, 0.25) is 0 Å². The molecule has 0 amide bonds. The molecule has 1 heterocycles. The quantitative estimate of drug-likeness (QED) is 0.577. The fourth-order valence-corrected chi connectivity index (χ4v) is 2.79. The van der Waals surface area contributed by atoms with Crippen LogP contribution >= 0.6 is 0 Å². The molecule has 0 bridgehead atoms. The summed E-state index contributed by atoms with van der Waals surface area (Å²) >= 11 is 0. The molecule has 3 heteroatoms. The van der Waals surface area contributed by atoms with Crippen molar-refractivity contribution in [3.63, 3.8) is 0 Å². The number of esters is 2. The third kappa shape index (κ3) is 4.07. The molecule has 3 nitrogen and oxygen atoms in total. The zero-order chi connectivity index (χ0) is 15.7. The molecule has 1 rings (SSSR count). The van der Waals surface area contributed by atoms with Gasteiger partial charge in [-0.1, -0.05) is 48.5 Å². The summed E-state index contributed by atoms with van der Waals surface area (Å²) in [5.74, 6) is 0.542. The number of hydrogen-bond acceptors (Lipinski definition) is 3. The van der Waals surface area contributed by atoms with Gasteiger partial charge in [-0.3, -0.25) is 9.59 Å². The van der Waals surface area contributed by atoms with E-state index in [1.807, 2.05) is 0 Å². The number of hydrogen-bond donors (Lipinski definition) is 0. The lowest BCUT2D eigenvalue weighted by molar-refractivity contribution is -0.173. The third-order valence-electron chi connectivity index (χ3n) is 5.25. The van der Waals surface area contributed by atoms with Crippen LogP contribution in [0.15, 0.2) is 0 Å². The van der Waals surface area contributed by atoms with Crippen molar-refractivity contribution in [3.8, 4) is 0 Å². The summed E-state index contributed by atoms with van der Waals surface area (Å²) in [6, 6.07) is 0. The first-order chi connectivity index (χ1) is 9.04. The second kappa shape index (κ2) is 6.28. The van der Waals surface area contributed by atoms with E-state index in [1.54, 1.807) is 0 Å². The summed E-state index contributed by atoms with van der Waals surface area (Å²) < 4.78 is 4.89. The highest BCUT2D eigenvalue weighted by Crippen LogP contribution is 2.40. The number of rotatable bonds is 4. The van der Waals surface area contributed by atoms with Crippen LogP contribution in [0.1, 0.15) is 61.3 Å². The Morgan fingerprint density at radius 3 is 2.15 bits per heavy atom. The van der Waals surface area contributed by atoms with Crippen LogP contribution in [0.4, 0.5) is 0 Å². The molecule has 1 aliphatic heterocycles. The lowest BCUT2D eigenvalue weighted by Crippen LogP contribution is -2.41. The fraction of sp³-hybridized carbons (Fsp3) is 0.882. The molecular weight excluding hydrogens is 252 g/mol. The fourth-order valence-electron chi connectivity index (χ4n) is 2.79. The molecule has 1 saturated heterocycles. The van der Waals surface area contributed by atoms with Crippen LogP contribution in [0, 0.1) is 35.0 Å². The molecule has 0 N–H and O–H groups in total. The Kier molecular flexibility index (Phi) is 5.39. The minimum absolute atomic E-state index is 0.119. The average Bonchev–Trinajstić information content (AvgIpc) is 2.29. The number of carbonyl (C=O) groups is 2. The summed E-state index contributed by atoms with van der Waals surface area (Å²) in [4.78, 5) is 23.8. The first kappa shape index (κ1) is 17.2. The van der Waals surface area contributed by atoms with Crippen molar-refractivity contribution in [1.29, 1.82) is 0 Å². The third-order valence-corrected chi connectivity index (χ3v) is 5.25. The van der Waals surface area contributed by atoms with E-state index in [0.29, 0.717) is 24.2 Å². The normalized spacial score (nSPS) is 27.4. The Hall–Kier alpha value is -0.860. The minimum atomic E-state index is -0.354. The number of cyclic esters (lactones) is 2. The highest BCUT2D eigenvalue weighted by molar-refractivity contribution is 5.90. The van der Waals surface area contributed by atoms with E-state index in [2.05, 4.69) is 48.5 Å². The van der Waals surface area contributed by atoms with E-state index < -0.39 is 0 Å². The zero-order valence-corrected chi connectivity index (χ0v) is 14.0. The second-order valence-electron chi connectivity index (χ2n) is 7.87. The number of ether oxygens (including phenoxy) is 1. The molecule has 0 spiro atoms. The van der Waals surface area contributed by atoms with E-state index in [9.17, 15) is 9.59 Å². The van der Waals surface area contributed by atoms with Gasteiger partial charge >= 0.3 is 11.9 Å². The molecular formula is C17H30O3. The summed E-state index contributed by atoms with van der Waals surface area (Å²) in [7, 11) is 0. The van der Waals surface area contributed by atoms with Crippen molar-refractivity contribution in [2.75, 3.05) is 0 Å². The predicted molar refractivity (Wildman–Crippen MR) is 79.9 cm³/mol. The average molecular weight is 282 g/mol. The van der Waals surface area contributed by atoms with E-state index in [1.165, 1.54) is 0 Å². The van der Waals surface area contributed by atoms with Gasteiger partial charge in [0.25, 0.3) is 0 Å². The molecule has 0 radical (unpaired) electrons. The molecule has 0 aliphatic carbocycles. The smallest absolute Gasteiger partial charge is 0.316 e.